The van der Waals surface area contributed by atoms with Crippen LogP contribution in [0.2, 0.25) is 0 Å². The van der Waals surface area contributed by atoms with Crippen LogP contribution in [0.15, 0.2) is 67.3 Å². The summed E-state index contributed by atoms with van der Waals surface area (Å²) in [5.74, 6) is -0.411. The lowest BCUT2D eigenvalue weighted by Crippen LogP contribution is -2.00. The third kappa shape index (κ3) is 5.07. The van der Waals surface area contributed by atoms with E-state index in [0.29, 0.717) is 11.5 Å². The molecule has 0 saturated heterocycles. The molecule has 0 aliphatic rings. The minimum absolute atomic E-state index is 0.337. The van der Waals surface area contributed by atoms with Crippen molar-refractivity contribution in [3.05, 3.63) is 89.5 Å². The number of carboxylic acids is 1. The fourth-order valence-electron chi connectivity index (χ4n) is 2.93. The predicted molar refractivity (Wildman–Crippen MR) is 115 cm³/mol. The van der Waals surface area contributed by atoms with Crippen LogP contribution in [0.25, 0.3) is 16.7 Å². The van der Waals surface area contributed by atoms with Crippen molar-refractivity contribution < 1.29 is 9.90 Å². The maximum Gasteiger partial charge on any atom is 0.335 e. The molecule has 0 saturated carbocycles. The van der Waals surface area contributed by atoms with Gasteiger partial charge in [-0.25, -0.2) is 4.79 Å². The highest BCUT2D eigenvalue weighted by Gasteiger charge is 2.13. The van der Waals surface area contributed by atoms with Crippen LogP contribution < -0.4 is 0 Å². The van der Waals surface area contributed by atoms with Gasteiger partial charge in [0.25, 0.3) is 0 Å². The molecule has 1 atom stereocenters. The van der Waals surface area contributed by atoms with Gasteiger partial charge in [-0.15, -0.1) is 0 Å². The lowest BCUT2D eigenvalue weighted by molar-refractivity contribution is 0.0696. The molecule has 0 aliphatic heterocycles. The predicted octanol–water partition coefficient (Wildman–Crippen LogP) is 6.84. The van der Waals surface area contributed by atoms with Crippen molar-refractivity contribution in [3.8, 4) is 11.1 Å². The molecule has 1 unspecified atom stereocenters. The standard InChI is InChI=1S/C25H28O2/c1-6-8-20(12-9-17(3)7-2)24-15-18(4)10-14-22(24)21-13-11-19(5)23(16-21)25(26)27/h6,8-17H,1,7H2,2-5H3,(H,26,27)/b12-9-,20-8+. The Hall–Kier alpha value is -2.87. The second-order valence-corrected chi connectivity index (χ2v) is 6.99. The van der Waals surface area contributed by atoms with Gasteiger partial charge in [-0.3, -0.25) is 0 Å². The summed E-state index contributed by atoms with van der Waals surface area (Å²) in [5.41, 5.74) is 6.33. The molecule has 0 aliphatic carbocycles. The van der Waals surface area contributed by atoms with Gasteiger partial charge in [0.15, 0.2) is 0 Å². The summed E-state index contributed by atoms with van der Waals surface area (Å²) in [5, 5.41) is 9.48. The van der Waals surface area contributed by atoms with E-state index in [9.17, 15) is 9.90 Å². The summed E-state index contributed by atoms with van der Waals surface area (Å²) in [6, 6.07) is 11.9. The third-order valence-electron chi connectivity index (χ3n) is 4.81. The van der Waals surface area contributed by atoms with Crippen molar-refractivity contribution in [2.24, 2.45) is 5.92 Å². The molecule has 0 radical (unpaired) electrons. The number of carbonyl (C=O) groups is 1. The van der Waals surface area contributed by atoms with Crippen molar-refractivity contribution in [1.29, 1.82) is 0 Å². The molecule has 2 rings (SSSR count). The van der Waals surface area contributed by atoms with Crippen LogP contribution in [0.1, 0.15) is 47.3 Å². The van der Waals surface area contributed by atoms with Gasteiger partial charge in [0.2, 0.25) is 0 Å². The summed E-state index contributed by atoms with van der Waals surface area (Å²) in [4.78, 5) is 11.6. The van der Waals surface area contributed by atoms with Gasteiger partial charge in [-0.2, -0.15) is 0 Å². The highest BCUT2D eigenvalue weighted by Crippen LogP contribution is 2.32. The van der Waals surface area contributed by atoms with Crippen LogP contribution in [0.4, 0.5) is 0 Å². The molecule has 2 heteroatoms. The topological polar surface area (TPSA) is 37.3 Å². The van der Waals surface area contributed by atoms with E-state index in [1.54, 1.807) is 12.1 Å². The number of benzene rings is 2. The summed E-state index contributed by atoms with van der Waals surface area (Å²) < 4.78 is 0. The van der Waals surface area contributed by atoms with Crippen LogP contribution in [0, 0.1) is 19.8 Å². The van der Waals surface area contributed by atoms with Crippen LogP contribution in [-0.2, 0) is 0 Å². The molecule has 0 fully saturated rings. The number of rotatable bonds is 7. The fourth-order valence-corrected chi connectivity index (χ4v) is 2.93. The Bertz CT molecular complexity index is 901. The lowest BCUT2D eigenvalue weighted by Gasteiger charge is -2.14. The molecule has 1 N–H and O–H groups in total. The van der Waals surface area contributed by atoms with Gasteiger partial charge in [-0.05, 0) is 53.7 Å². The highest BCUT2D eigenvalue weighted by atomic mass is 16.4. The lowest BCUT2D eigenvalue weighted by atomic mass is 9.90. The first-order valence-electron chi connectivity index (χ1n) is 9.33. The van der Waals surface area contributed by atoms with Gasteiger partial charge in [-0.1, -0.05) is 87.0 Å². The Morgan fingerprint density at radius 2 is 1.89 bits per heavy atom. The van der Waals surface area contributed by atoms with E-state index >= 15 is 0 Å². The first kappa shape index (κ1) is 20.4. The van der Waals surface area contributed by atoms with E-state index in [-0.39, 0.29) is 0 Å². The minimum Gasteiger partial charge on any atom is -0.478 e. The van der Waals surface area contributed by atoms with Crippen LogP contribution in [0.5, 0.6) is 0 Å². The Balaban J connectivity index is 2.65. The van der Waals surface area contributed by atoms with Crippen molar-refractivity contribution >= 4 is 11.5 Å². The summed E-state index contributed by atoms with van der Waals surface area (Å²) >= 11 is 0. The molecule has 2 aromatic rings. The number of carboxylic acid groups (broad SMARTS) is 1. The van der Waals surface area contributed by atoms with Gasteiger partial charge >= 0.3 is 5.97 Å². The van der Waals surface area contributed by atoms with Gasteiger partial charge < -0.3 is 5.11 Å². The highest BCUT2D eigenvalue weighted by molar-refractivity contribution is 5.93. The third-order valence-corrected chi connectivity index (χ3v) is 4.81. The van der Waals surface area contributed by atoms with E-state index in [1.165, 1.54) is 0 Å². The molecular formula is C25H28O2. The molecule has 27 heavy (non-hydrogen) atoms. The number of aromatic carboxylic acids is 1. The van der Waals surface area contributed by atoms with Crippen molar-refractivity contribution in [3.63, 3.8) is 0 Å². The van der Waals surface area contributed by atoms with E-state index in [1.807, 2.05) is 25.1 Å². The maximum atomic E-state index is 11.6. The zero-order valence-electron chi connectivity index (χ0n) is 16.6. The fraction of sp³-hybridized carbons (Fsp3) is 0.240. The Labute approximate surface area is 162 Å². The van der Waals surface area contributed by atoms with E-state index in [0.717, 1.165) is 39.8 Å². The molecule has 2 aromatic carbocycles. The molecule has 2 nitrogen and oxygen atoms in total. The zero-order chi connectivity index (χ0) is 20.0. The Morgan fingerprint density at radius 1 is 1.15 bits per heavy atom. The number of aryl methyl sites for hydroxylation is 2. The van der Waals surface area contributed by atoms with E-state index < -0.39 is 5.97 Å². The molecule has 0 bridgehead atoms. The largest absolute Gasteiger partial charge is 0.478 e. The summed E-state index contributed by atoms with van der Waals surface area (Å²) in [6.07, 6.45) is 9.22. The van der Waals surface area contributed by atoms with Crippen molar-refractivity contribution in [2.45, 2.75) is 34.1 Å². The van der Waals surface area contributed by atoms with Crippen LogP contribution >= 0.6 is 0 Å². The zero-order valence-corrected chi connectivity index (χ0v) is 16.6. The van der Waals surface area contributed by atoms with E-state index in [2.05, 4.69) is 57.7 Å². The van der Waals surface area contributed by atoms with Crippen LogP contribution in [-0.4, -0.2) is 11.1 Å². The summed E-state index contributed by atoms with van der Waals surface area (Å²) in [6.45, 7) is 12.1. The minimum atomic E-state index is -0.901. The Kier molecular flexibility index (Phi) is 6.95. The van der Waals surface area contributed by atoms with Crippen molar-refractivity contribution in [2.75, 3.05) is 0 Å². The van der Waals surface area contributed by atoms with E-state index in [4.69, 9.17) is 0 Å². The average molecular weight is 360 g/mol. The number of hydrogen-bond donors (Lipinski definition) is 1. The SMILES string of the molecule is C=C/C=C(\C=C/C(C)CC)c1cc(C)ccc1-c1ccc(C)c(C(=O)O)c1. The first-order chi connectivity index (χ1) is 12.9. The first-order valence-corrected chi connectivity index (χ1v) is 9.33. The maximum absolute atomic E-state index is 11.6. The summed E-state index contributed by atoms with van der Waals surface area (Å²) in [7, 11) is 0. The molecular weight excluding hydrogens is 332 g/mol. The Morgan fingerprint density at radius 3 is 2.52 bits per heavy atom. The normalized spacial score (nSPS) is 13.0. The number of allylic oxidation sites excluding steroid dienone is 5. The molecule has 0 heterocycles. The van der Waals surface area contributed by atoms with Crippen LogP contribution in [0.3, 0.4) is 0 Å². The quantitative estimate of drug-likeness (QED) is 0.549. The smallest absolute Gasteiger partial charge is 0.335 e. The van der Waals surface area contributed by atoms with Crippen molar-refractivity contribution in [1.82, 2.24) is 0 Å². The molecule has 0 amide bonds. The molecule has 0 spiro atoms. The average Bonchev–Trinajstić information content (AvgIpc) is 2.65. The second-order valence-electron chi connectivity index (χ2n) is 6.99. The van der Waals surface area contributed by atoms with Gasteiger partial charge in [0.1, 0.15) is 0 Å². The van der Waals surface area contributed by atoms with Gasteiger partial charge in [0, 0.05) is 0 Å². The second kappa shape index (κ2) is 9.18. The molecule has 140 valence electrons. The number of hydrogen-bond acceptors (Lipinski definition) is 1. The molecule has 0 aromatic heterocycles. The van der Waals surface area contributed by atoms with Gasteiger partial charge in [0.05, 0.1) is 5.56 Å². The monoisotopic (exact) mass is 360 g/mol.